The average Bonchev–Trinajstić information content (AvgIpc) is 2.90. The van der Waals surface area contributed by atoms with Crippen molar-refractivity contribution in [3.05, 3.63) is 45.7 Å². The molecule has 4 aliphatic rings. The lowest BCUT2D eigenvalue weighted by Gasteiger charge is -2.53. The van der Waals surface area contributed by atoms with Crippen LogP contribution in [0.2, 0.25) is 0 Å². The first-order valence-electron chi connectivity index (χ1n) is 14.1. The Morgan fingerprint density at radius 2 is 1.78 bits per heavy atom. The van der Waals surface area contributed by atoms with Crippen LogP contribution in [0.5, 0.6) is 5.75 Å². The van der Waals surface area contributed by atoms with Gasteiger partial charge in [0.2, 0.25) is 5.78 Å². The molecule has 41 heavy (non-hydrogen) atoms. The van der Waals surface area contributed by atoms with Crippen LogP contribution >= 0.6 is 0 Å². The van der Waals surface area contributed by atoms with Crippen molar-refractivity contribution >= 4 is 23.2 Å². The molecule has 0 aromatic heterocycles. The van der Waals surface area contributed by atoms with Crippen LogP contribution in [0, 0.1) is 17.8 Å². The number of amides is 1. The van der Waals surface area contributed by atoms with Gasteiger partial charge >= 0.3 is 0 Å². The van der Waals surface area contributed by atoms with Crippen LogP contribution < -0.4 is 5.73 Å². The van der Waals surface area contributed by atoms with Gasteiger partial charge in [-0.1, -0.05) is 19.1 Å². The highest BCUT2D eigenvalue weighted by molar-refractivity contribution is 6.24. The van der Waals surface area contributed by atoms with E-state index in [1.807, 2.05) is 0 Å². The fourth-order valence-corrected chi connectivity index (χ4v) is 7.57. The molecule has 1 aromatic carbocycles. The number of likely N-dealkylation sites (tertiary alicyclic amines) is 1. The number of hydrogen-bond donors (Lipinski definition) is 6. The molecule has 1 aliphatic heterocycles. The molecule has 1 aromatic rings. The molecule has 1 amide bonds. The highest BCUT2D eigenvalue weighted by Gasteiger charge is 2.68. The molecule has 222 valence electrons. The van der Waals surface area contributed by atoms with Gasteiger partial charge in [0.1, 0.15) is 22.8 Å². The molecule has 6 unspecified atom stereocenters. The van der Waals surface area contributed by atoms with Crippen molar-refractivity contribution in [1.82, 2.24) is 9.80 Å². The van der Waals surface area contributed by atoms with Gasteiger partial charge in [-0.2, -0.15) is 0 Å². The number of phenols is 1. The number of hydrogen-bond acceptors (Lipinski definition) is 10. The van der Waals surface area contributed by atoms with Gasteiger partial charge in [0, 0.05) is 11.5 Å². The molecule has 6 atom stereocenters. The number of nitrogens with two attached hydrogens (primary N) is 1. The van der Waals surface area contributed by atoms with Gasteiger partial charge in [-0.25, -0.2) is 0 Å². The van der Waals surface area contributed by atoms with Crippen LogP contribution in [-0.4, -0.2) is 105 Å². The zero-order valence-electron chi connectivity index (χ0n) is 23.8. The normalized spacial score (nSPS) is 32.7. The zero-order valence-corrected chi connectivity index (χ0v) is 23.8. The average molecular weight is 570 g/mol. The van der Waals surface area contributed by atoms with Gasteiger partial charge in [0.05, 0.1) is 23.6 Å². The number of aromatic hydroxyl groups is 1. The number of likely N-dealkylation sites (N-methyl/N-ethyl adjacent to an activating group) is 1. The summed E-state index contributed by atoms with van der Waals surface area (Å²) >= 11 is 0. The summed E-state index contributed by atoms with van der Waals surface area (Å²) in [5.41, 5.74) is 2.31. The van der Waals surface area contributed by atoms with Crippen molar-refractivity contribution in [2.45, 2.75) is 56.3 Å². The first kappa shape index (κ1) is 29.2. The Morgan fingerprint density at radius 3 is 2.37 bits per heavy atom. The van der Waals surface area contributed by atoms with Crippen molar-refractivity contribution in [2.24, 2.45) is 23.5 Å². The lowest BCUT2D eigenvalue weighted by molar-refractivity contribution is -0.169. The smallest absolute Gasteiger partial charge is 0.255 e. The van der Waals surface area contributed by atoms with Gasteiger partial charge in [0.25, 0.3) is 5.91 Å². The van der Waals surface area contributed by atoms with Gasteiger partial charge in [-0.3, -0.25) is 19.3 Å². The van der Waals surface area contributed by atoms with Crippen LogP contribution in [0.25, 0.3) is 5.76 Å². The Bertz CT molecular complexity index is 1380. The number of primary amides is 1. The molecule has 2 fully saturated rings. The van der Waals surface area contributed by atoms with Crippen molar-refractivity contribution in [3.63, 3.8) is 0 Å². The second kappa shape index (κ2) is 10.2. The molecule has 11 heteroatoms. The fraction of sp³-hybridized carbons (Fsp3) is 0.567. The number of phenolic OH excluding ortho intramolecular Hbond substituents is 1. The molecule has 11 nitrogen and oxygen atoms in total. The van der Waals surface area contributed by atoms with E-state index in [1.165, 1.54) is 19.0 Å². The number of nitrogens with zero attached hydrogens (tertiary/aromatic N) is 2. The SMILES string of the molecule is CC1c2ccc(CCC3CCN(C)CC3)c(O)c2C(O)=C2C(=O)C3(O)C(O)=C(C(N)=O)C(=O)C(N(C)C)C3C(O)C21. The van der Waals surface area contributed by atoms with Crippen LogP contribution in [-0.2, 0) is 20.8 Å². The molecule has 3 aliphatic carbocycles. The summed E-state index contributed by atoms with van der Waals surface area (Å²) < 4.78 is 0. The number of carbonyl (C=O) groups excluding carboxylic acids is 3. The number of aliphatic hydroxyl groups is 4. The molecule has 7 N–H and O–H groups in total. The highest BCUT2D eigenvalue weighted by atomic mass is 16.4. The third-order valence-electron chi connectivity index (χ3n) is 9.87. The third kappa shape index (κ3) is 4.20. The Hall–Kier alpha value is -3.25. The van der Waals surface area contributed by atoms with Crippen LogP contribution in [0.1, 0.15) is 48.8 Å². The predicted molar refractivity (Wildman–Crippen MR) is 149 cm³/mol. The van der Waals surface area contributed by atoms with Gasteiger partial charge < -0.3 is 36.2 Å². The van der Waals surface area contributed by atoms with E-state index in [0.717, 1.165) is 32.4 Å². The summed E-state index contributed by atoms with van der Waals surface area (Å²) in [5.74, 6) is -8.17. The Kier molecular flexibility index (Phi) is 7.30. The second-order valence-electron chi connectivity index (χ2n) is 12.4. The summed E-state index contributed by atoms with van der Waals surface area (Å²) in [6, 6.07) is 2.20. The van der Waals surface area contributed by atoms with Crippen molar-refractivity contribution < 1.29 is 39.9 Å². The van der Waals surface area contributed by atoms with E-state index >= 15 is 0 Å². The number of carbonyl (C=O) groups is 3. The van der Waals surface area contributed by atoms with Crippen molar-refractivity contribution in [3.8, 4) is 5.75 Å². The standard InChI is InChI=1S/C30H39N3O8/c1-13-16-8-7-15(6-5-14-9-11-33(4)12-10-14)23(34)18(16)24(35)19-17(13)25(36)21-22(32(2)3)26(37)20(29(31)40)28(39)30(21,41)27(19)38/h7-8,13-14,17,21-22,25,34-36,39,41H,5-6,9-12H2,1-4H3,(H2,31,40). The maximum Gasteiger partial charge on any atom is 0.255 e. The van der Waals surface area contributed by atoms with Gasteiger partial charge in [0.15, 0.2) is 11.4 Å². The highest BCUT2D eigenvalue weighted by Crippen LogP contribution is 2.56. The molecule has 0 radical (unpaired) electrons. The van der Waals surface area contributed by atoms with Crippen LogP contribution in [0.4, 0.5) is 0 Å². The first-order chi connectivity index (χ1) is 19.2. The Labute approximate surface area is 238 Å². The van der Waals surface area contributed by atoms with Crippen LogP contribution in [0.3, 0.4) is 0 Å². The monoisotopic (exact) mass is 569 g/mol. The number of ketones is 2. The summed E-state index contributed by atoms with van der Waals surface area (Å²) in [6.45, 7) is 3.76. The minimum absolute atomic E-state index is 0.0434. The number of rotatable bonds is 5. The molecule has 1 heterocycles. The first-order valence-corrected chi connectivity index (χ1v) is 14.1. The van der Waals surface area contributed by atoms with E-state index in [2.05, 4.69) is 11.9 Å². The van der Waals surface area contributed by atoms with Gasteiger partial charge in [-0.15, -0.1) is 0 Å². The van der Waals surface area contributed by atoms with E-state index in [0.29, 0.717) is 23.5 Å². The predicted octanol–water partition coefficient (Wildman–Crippen LogP) is 0.770. The third-order valence-corrected chi connectivity index (χ3v) is 9.87. The molecule has 1 saturated heterocycles. The maximum atomic E-state index is 14.1. The molecule has 1 saturated carbocycles. The number of aliphatic hydroxyl groups excluding tert-OH is 3. The summed E-state index contributed by atoms with van der Waals surface area (Å²) in [5, 5.41) is 57.3. The fourth-order valence-electron chi connectivity index (χ4n) is 7.57. The largest absolute Gasteiger partial charge is 0.508 e. The van der Waals surface area contributed by atoms with E-state index in [4.69, 9.17) is 5.73 Å². The Morgan fingerprint density at radius 1 is 1.15 bits per heavy atom. The number of benzene rings is 1. The van der Waals surface area contributed by atoms with E-state index < -0.39 is 70.1 Å². The second-order valence-corrected chi connectivity index (χ2v) is 12.4. The summed E-state index contributed by atoms with van der Waals surface area (Å²) in [6.07, 6.45) is 1.93. The van der Waals surface area contributed by atoms with E-state index in [1.54, 1.807) is 19.1 Å². The lowest BCUT2D eigenvalue weighted by Crippen LogP contribution is -2.70. The number of piperidine rings is 1. The summed E-state index contributed by atoms with van der Waals surface area (Å²) in [7, 11) is 5.05. The number of Topliss-reactive ketones (excluding diaryl/α,β-unsaturated/α-hetero) is 2. The van der Waals surface area contributed by atoms with E-state index in [-0.39, 0.29) is 16.9 Å². The molecule has 0 spiro atoms. The van der Waals surface area contributed by atoms with Crippen molar-refractivity contribution in [1.29, 1.82) is 0 Å². The minimum Gasteiger partial charge on any atom is -0.508 e. The Balaban J connectivity index is 1.61. The van der Waals surface area contributed by atoms with Gasteiger partial charge in [-0.05, 0) is 82.9 Å². The molecular weight excluding hydrogens is 530 g/mol. The number of fused-ring (bicyclic) bond motifs is 3. The topological polar surface area (TPSA) is 185 Å². The molecule has 5 rings (SSSR count). The lowest BCUT2D eigenvalue weighted by atomic mass is 9.54. The zero-order chi connectivity index (χ0) is 30.1. The van der Waals surface area contributed by atoms with Crippen LogP contribution in [0.15, 0.2) is 29.0 Å². The molecule has 0 bridgehead atoms. The maximum absolute atomic E-state index is 14.1. The number of aryl methyl sites for hydroxylation is 1. The quantitative estimate of drug-likeness (QED) is 0.277. The van der Waals surface area contributed by atoms with Crippen molar-refractivity contribution in [2.75, 3.05) is 34.2 Å². The molecular formula is C30H39N3O8. The summed E-state index contributed by atoms with van der Waals surface area (Å²) in [4.78, 5) is 43.2. The van der Waals surface area contributed by atoms with E-state index in [9.17, 15) is 39.9 Å². The minimum atomic E-state index is -2.91.